The van der Waals surface area contributed by atoms with Gasteiger partial charge in [-0.05, 0) is 33.6 Å². The number of hydrogen-bond donors (Lipinski definition) is 0. The second-order valence-electron chi connectivity index (χ2n) is 6.61. The fourth-order valence-electron chi connectivity index (χ4n) is 2.53. The van der Waals surface area contributed by atoms with Crippen molar-refractivity contribution in [1.82, 2.24) is 9.88 Å². The van der Waals surface area contributed by atoms with Crippen LogP contribution >= 0.6 is 0 Å². The second kappa shape index (κ2) is 6.60. The van der Waals surface area contributed by atoms with Crippen LogP contribution in [0.5, 0.6) is 0 Å². The molecule has 1 fully saturated rings. The fourth-order valence-corrected chi connectivity index (χ4v) is 2.53. The Kier molecular flexibility index (Phi) is 4.97. The summed E-state index contributed by atoms with van der Waals surface area (Å²) in [5.74, 6) is -3.26. The van der Waals surface area contributed by atoms with Crippen molar-refractivity contribution in [2.45, 2.75) is 39.2 Å². The summed E-state index contributed by atoms with van der Waals surface area (Å²) in [6, 6.07) is 0. The Morgan fingerprint density at radius 3 is 2.43 bits per heavy atom. The first kappa shape index (κ1) is 17.3. The molecule has 0 aromatic carbocycles. The molecule has 126 valence electrons. The lowest BCUT2D eigenvalue weighted by atomic mass is 9.90. The van der Waals surface area contributed by atoms with Crippen LogP contribution in [0.4, 0.5) is 13.6 Å². The van der Waals surface area contributed by atoms with Crippen LogP contribution in [0, 0.1) is 17.6 Å². The summed E-state index contributed by atoms with van der Waals surface area (Å²) in [6.45, 7) is 5.80. The van der Waals surface area contributed by atoms with Crippen LogP contribution in [0.1, 0.15) is 44.0 Å². The Hall–Kier alpha value is -2.05. The number of ether oxygens (including phenoxy) is 1. The number of carbonyl (C=O) groups excluding carboxylic acids is 2. The highest BCUT2D eigenvalue weighted by atomic mass is 19.1. The number of carbonyl (C=O) groups is 2. The number of Topliss-reactive ketones (excluding diaryl/α,β-unsaturated/α-hetero) is 1. The average Bonchev–Trinajstić information content (AvgIpc) is 2.45. The molecule has 0 N–H and O–H groups in total. The molecule has 1 aromatic rings. The van der Waals surface area contributed by atoms with E-state index in [9.17, 15) is 18.4 Å². The number of halogens is 2. The van der Waals surface area contributed by atoms with Crippen molar-refractivity contribution in [3.05, 3.63) is 29.6 Å². The number of pyridine rings is 1. The average molecular weight is 326 g/mol. The van der Waals surface area contributed by atoms with Gasteiger partial charge in [0.05, 0.1) is 18.0 Å². The lowest BCUT2D eigenvalue weighted by Crippen LogP contribution is -2.44. The molecule has 1 atom stereocenters. The van der Waals surface area contributed by atoms with E-state index >= 15 is 0 Å². The molecule has 0 spiro atoms. The zero-order chi connectivity index (χ0) is 17.2. The summed E-state index contributed by atoms with van der Waals surface area (Å²) >= 11 is 0. The first-order valence-corrected chi connectivity index (χ1v) is 7.50. The molecule has 7 heteroatoms. The second-order valence-corrected chi connectivity index (χ2v) is 6.61. The van der Waals surface area contributed by atoms with Crippen molar-refractivity contribution in [1.29, 1.82) is 0 Å². The van der Waals surface area contributed by atoms with E-state index in [0.29, 0.717) is 19.4 Å². The van der Waals surface area contributed by atoms with Crippen molar-refractivity contribution < 1.29 is 23.1 Å². The van der Waals surface area contributed by atoms with Gasteiger partial charge in [-0.2, -0.15) is 0 Å². The topological polar surface area (TPSA) is 59.5 Å². The van der Waals surface area contributed by atoms with Crippen molar-refractivity contribution in [3.63, 3.8) is 0 Å². The van der Waals surface area contributed by atoms with Gasteiger partial charge in [-0.15, -0.1) is 0 Å². The molecule has 0 unspecified atom stereocenters. The zero-order valence-electron chi connectivity index (χ0n) is 13.4. The van der Waals surface area contributed by atoms with Gasteiger partial charge < -0.3 is 9.64 Å². The third-order valence-corrected chi connectivity index (χ3v) is 3.54. The highest BCUT2D eigenvalue weighted by Crippen LogP contribution is 2.24. The molecular weight excluding hydrogens is 306 g/mol. The third kappa shape index (κ3) is 4.24. The molecule has 1 saturated heterocycles. The third-order valence-electron chi connectivity index (χ3n) is 3.54. The van der Waals surface area contributed by atoms with E-state index in [4.69, 9.17) is 4.74 Å². The van der Waals surface area contributed by atoms with Gasteiger partial charge in [0, 0.05) is 19.0 Å². The standard InChI is InChI=1S/C16H20F2N2O3/c1-16(2,3)23-15(22)20-6-4-5-10(9-20)14(21)13-11(17)7-19-8-12(13)18/h7-8,10H,4-6,9H2,1-3H3/t10-/m1/s1. The zero-order valence-corrected chi connectivity index (χ0v) is 13.4. The molecule has 1 amide bonds. The predicted octanol–water partition coefficient (Wildman–Crippen LogP) is 3.19. The molecule has 1 aliphatic rings. The van der Waals surface area contributed by atoms with Crippen molar-refractivity contribution >= 4 is 11.9 Å². The monoisotopic (exact) mass is 326 g/mol. The summed E-state index contributed by atoms with van der Waals surface area (Å²) in [6.07, 6.45) is 2.14. The van der Waals surface area contributed by atoms with Gasteiger partial charge in [0.25, 0.3) is 0 Å². The minimum Gasteiger partial charge on any atom is -0.444 e. The Bertz CT molecular complexity index is 594. The number of piperidine rings is 1. The molecule has 0 saturated carbocycles. The van der Waals surface area contributed by atoms with Gasteiger partial charge in [-0.3, -0.25) is 9.78 Å². The van der Waals surface area contributed by atoms with Crippen LogP contribution in [-0.2, 0) is 4.74 Å². The van der Waals surface area contributed by atoms with Gasteiger partial charge in [-0.1, -0.05) is 0 Å². The molecule has 1 aliphatic heterocycles. The number of rotatable bonds is 2. The molecule has 5 nitrogen and oxygen atoms in total. The van der Waals surface area contributed by atoms with E-state index in [-0.39, 0.29) is 6.54 Å². The van der Waals surface area contributed by atoms with Crippen LogP contribution < -0.4 is 0 Å². The Morgan fingerprint density at radius 1 is 1.26 bits per heavy atom. The van der Waals surface area contributed by atoms with Gasteiger partial charge in [0.15, 0.2) is 17.4 Å². The Labute approximate surface area is 133 Å². The lowest BCUT2D eigenvalue weighted by molar-refractivity contribution is 0.0171. The molecule has 2 rings (SSSR count). The molecule has 1 aromatic heterocycles. The Balaban J connectivity index is 2.12. The minimum absolute atomic E-state index is 0.0922. The van der Waals surface area contributed by atoms with Crippen LogP contribution in [0.2, 0.25) is 0 Å². The maximum absolute atomic E-state index is 13.7. The van der Waals surface area contributed by atoms with E-state index < -0.39 is 40.6 Å². The Morgan fingerprint density at radius 2 is 1.87 bits per heavy atom. The number of amides is 1. The molecule has 23 heavy (non-hydrogen) atoms. The predicted molar refractivity (Wildman–Crippen MR) is 79.0 cm³/mol. The van der Waals surface area contributed by atoms with E-state index in [1.54, 1.807) is 20.8 Å². The number of nitrogens with zero attached hydrogens (tertiary/aromatic N) is 2. The first-order valence-electron chi connectivity index (χ1n) is 7.50. The van der Waals surface area contributed by atoms with E-state index in [2.05, 4.69) is 4.98 Å². The SMILES string of the molecule is CC(C)(C)OC(=O)N1CCC[C@@H](C(=O)c2c(F)cncc2F)C1. The van der Waals surface area contributed by atoms with Crippen molar-refractivity contribution in [2.24, 2.45) is 5.92 Å². The van der Waals surface area contributed by atoms with Gasteiger partial charge in [0.2, 0.25) is 0 Å². The number of ketones is 1. The normalized spacial score (nSPS) is 18.7. The summed E-state index contributed by atoms with van der Waals surface area (Å²) in [7, 11) is 0. The van der Waals surface area contributed by atoms with Crippen LogP contribution in [-0.4, -0.2) is 40.5 Å². The number of hydrogen-bond acceptors (Lipinski definition) is 4. The van der Waals surface area contributed by atoms with Gasteiger partial charge in [0.1, 0.15) is 5.60 Å². The molecule has 2 heterocycles. The largest absolute Gasteiger partial charge is 0.444 e. The van der Waals surface area contributed by atoms with Crippen LogP contribution in [0.3, 0.4) is 0 Å². The highest BCUT2D eigenvalue weighted by molar-refractivity contribution is 5.98. The maximum atomic E-state index is 13.7. The summed E-state index contributed by atoms with van der Waals surface area (Å²) in [5, 5.41) is 0. The summed E-state index contributed by atoms with van der Waals surface area (Å²) in [5.41, 5.74) is -1.23. The smallest absolute Gasteiger partial charge is 0.410 e. The van der Waals surface area contributed by atoms with Gasteiger partial charge in [-0.25, -0.2) is 13.6 Å². The summed E-state index contributed by atoms with van der Waals surface area (Å²) < 4.78 is 32.7. The van der Waals surface area contributed by atoms with E-state index in [0.717, 1.165) is 12.4 Å². The van der Waals surface area contributed by atoms with Crippen molar-refractivity contribution in [2.75, 3.05) is 13.1 Å². The van der Waals surface area contributed by atoms with Gasteiger partial charge >= 0.3 is 6.09 Å². The van der Waals surface area contributed by atoms with Crippen LogP contribution in [0.25, 0.3) is 0 Å². The molecule has 0 aliphatic carbocycles. The highest BCUT2D eigenvalue weighted by Gasteiger charge is 2.33. The minimum atomic E-state index is -0.982. The van der Waals surface area contributed by atoms with E-state index in [1.807, 2.05) is 0 Å². The maximum Gasteiger partial charge on any atom is 0.410 e. The quantitative estimate of drug-likeness (QED) is 0.783. The summed E-state index contributed by atoms with van der Waals surface area (Å²) in [4.78, 5) is 29.3. The molecule has 0 radical (unpaired) electrons. The van der Waals surface area contributed by atoms with E-state index in [1.165, 1.54) is 4.90 Å². The number of aromatic nitrogens is 1. The molecule has 0 bridgehead atoms. The lowest BCUT2D eigenvalue weighted by Gasteiger charge is -2.33. The first-order chi connectivity index (χ1) is 10.7. The van der Waals surface area contributed by atoms with Crippen LogP contribution in [0.15, 0.2) is 12.4 Å². The molecular formula is C16H20F2N2O3. The number of likely N-dealkylation sites (tertiary alicyclic amines) is 1. The van der Waals surface area contributed by atoms with Crippen molar-refractivity contribution in [3.8, 4) is 0 Å². The fraction of sp³-hybridized carbons (Fsp3) is 0.562.